The Hall–Kier alpha value is -0.660. The number of carbonyl (C=O) groups is 2. The first-order chi connectivity index (χ1) is 5.38. The molecule has 0 aliphatic heterocycles. The Bertz CT molecular complexity index is 142. The fourth-order valence-electron chi connectivity index (χ4n) is 1.83. The number of aldehydes is 2. The maximum atomic E-state index is 10.5. The number of hydrogen-bond acceptors (Lipinski definition) is 2. The van der Waals surface area contributed by atoms with E-state index >= 15 is 0 Å². The lowest BCUT2D eigenvalue weighted by Gasteiger charge is -2.25. The van der Waals surface area contributed by atoms with Crippen molar-refractivity contribution < 1.29 is 9.59 Å². The van der Waals surface area contributed by atoms with Gasteiger partial charge in [-0.25, -0.2) is 0 Å². The van der Waals surface area contributed by atoms with E-state index in [1.807, 2.05) is 0 Å². The minimum absolute atomic E-state index is 0.161. The molecule has 2 unspecified atom stereocenters. The maximum Gasteiger partial charge on any atom is 0.123 e. The second kappa shape index (κ2) is 4.27. The maximum absolute atomic E-state index is 10.5. The van der Waals surface area contributed by atoms with Gasteiger partial charge in [-0.05, 0) is 18.8 Å². The summed E-state index contributed by atoms with van der Waals surface area (Å²) in [4.78, 5) is 20.7. The zero-order valence-electron chi connectivity index (χ0n) is 6.66. The van der Waals surface area contributed by atoms with E-state index in [9.17, 15) is 9.59 Å². The van der Waals surface area contributed by atoms with Gasteiger partial charge in [-0.15, -0.1) is 0 Å². The lowest BCUT2D eigenvalue weighted by molar-refractivity contribution is -0.114. The van der Waals surface area contributed by atoms with Gasteiger partial charge in [0.15, 0.2) is 0 Å². The van der Waals surface area contributed by atoms with Crippen LogP contribution in [0.4, 0.5) is 0 Å². The molecule has 11 heavy (non-hydrogen) atoms. The Morgan fingerprint density at radius 1 is 1.18 bits per heavy atom. The molecule has 1 rings (SSSR count). The van der Waals surface area contributed by atoms with Crippen molar-refractivity contribution >= 4 is 12.6 Å². The van der Waals surface area contributed by atoms with Gasteiger partial charge in [-0.2, -0.15) is 0 Å². The average Bonchev–Trinajstić information content (AvgIpc) is 2.06. The minimum Gasteiger partial charge on any atom is -0.303 e. The van der Waals surface area contributed by atoms with E-state index in [4.69, 9.17) is 0 Å². The zero-order valence-corrected chi connectivity index (χ0v) is 6.66. The van der Waals surface area contributed by atoms with Gasteiger partial charge in [0.05, 0.1) is 0 Å². The fourth-order valence-corrected chi connectivity index (χ4v) is 1.83. The van der Waals surface area contributed by atoms with Gasteiger partial charge in [-0.1, -0.05) is 12.8 Å². The summed E-state index contributed by atoms with van der Waals surface area (Å²) >= 11 is 0. The highest BCUT2D eigenvalue weighted by atomic mass is 16.1. The number of hydrogen-bond donors (Lipinski definition) is 0. The summed E-state index contributed by atoms with van der Waals surface area (Å²) < 4.78 is 0. The highest BCUT2D eigenvalue weighted by molar-refractivity contribution is 5.57. The van der Waals surface area contributed by atoms with Gasteiger partial charge >= 0.3 is 0 Å². The second-order valence-corrected chi connectivity index (χ2v) is 3.25. The van der Waals surface area contributed by atoms with Crippen LogP contribution in [-0.2, 0) is 9.59 Å². The van der Waals surface area contributed by atoms with Crippen LogP contribution in [0, 0.1) is 11.8 Å². The highest BCUT2D eigenvalue weighted by Gasteiger charge is 2.23. The summed E-state index contributed by atoms with van der Waals surface area (Å²) in [7, 11) is 0. The summed E-state index contributed by atoms with van der Waals surface area (Å²) in [5.41, 5.74) is 0. The first kappa shape index (κ1) is 8.44. The van der Waals surface area contributed by atoms with Crippen molar-refractivity contribution in [1.29, 1.82) is 0 Å². The van der Waals surface area contributed by atoms with Crippen LogP contribution in [0.5, 0.6) is 0 Å². The topological polar surface area (TPSA) is 34.1 Å². The standard InChI is InChI=1S/C9H14O2/c10-6-5-8-3-1-2-4-9(8)7-11/h6-9H,1-5H2. The van der Waals surface area contributed by atoms with Gasteiger partial charge in [0, 0.05) is 12.3 Å². The van der Waals surface area contributed by atoms with E-state index in [-0.39, 0.29) is 5.92 Å². The van der Waals surface area contributed by atoms with Crippen LogP contribution in [-0.4, -0.2) is 12.6 Å². The summed E-state index contributed by atoms with van der Waals surface area (Å²) in [5.74, 6) is 0.507. The highest BCUT2D eigenvalue weighted by Crippen LogP contribution is 2.30. The van der Waals surface area contributed by atoms with Gasteiger partial charge in [0.25, 0.3) is 0 Å². The second-order valence-electron chi connectivity index (χ2n) is 3.25. The molecule has 1 fully saturated rings. The SMILES string of the molecule is O=CCC1CCCCC1C=O. The molecule has 1 aliphatic carbocycles. The summed E-state index contributed by atoms with van der Waals surface area (Å²) in [5, 5.41) is 0. The van der Waals surface area contributed by atoms with Crippen LogP contribution in [0.1, 0.15) is 32.1 Å². The smallest absolute Gasteiger partial charge is 0.123 e. The van der Waals surface area contributed by atoms with Crippen molar-refractivity contribution in [2.75, 3.05) is 0 Å². The molecule has 0 radical (unpaired) electrons. The molecular weight excluding hydrogens is 140 g/mol. The van der Waals surface area contributed by atoms with Gasteiger partial charge < -0.3 is 9.59 Å². The van der Waals surface area contributed by atoms with E-state index in [2.05, 4.69) is 0 Å². The number of carbonyl (C=O) groups excluding carboxylic acids is 2. The predicted octanol–water partition coefficient (Wildman–Crippen LogP) is 1.58. The molecule has 0 aromatic heterocycles. The van der Waals surface area contributed by atoms with Crippen LogP contribution in [0.2, 0.25) is 0 Å². The van der Waals surface area contributed by atoms with E-state index in [0.717, 1.165) is 31.8 Å². The molecule has 0 aromatic rings. The van der Waals surface area contributed by atoms with Crippen molar-refractivity contribution in [3.05, 3.63) is 0 Å². The van der Waals surface area contributed by atoms with Gasteiger partial charge in [0.1, 0.15) is 12.6 Å². The Labute approximate surface area is 67.0 Å². The van der Waals surface area contributed by atoms with Crippen molar-refractivity contribution in [2.45, 2.75) is 32.1 Å². The summed E-state index contributed by atoms with van der Waals surface area (Å²) in [6.07, 6.45) is 6.91. The fraction of sp³-hybridized carbons (Fsp3) is 0.778. The van der Waals surface area contributed by atoms with Crippen molar-refractivity contribution in [1.82, 2.24) is 0 Å². The number of rotatable bonds is 3. The Balaban J connectivity index is 2.43. The molecule has 1 saturated carbocycles. The lowest BCUT2D eigenvalue weighted by Crippen LogP contribution is -2.20. The van der Waals surface area contributed by atoms with E-state index in [1.165, 1.54) is 6.42 Å². The lowest BCUT2D eigenvalue weighted by atomic mass is 9.79. The Kier molecular flexibility index (Phi) is 3.27. The van der Waals surface area contributed by atoms with Crippen LogP contribution in [0.15, 0.2) is 0 Å². The molecule has 0 aromatic carbocycles. The normalized spacial score (nSPS) is 31.3. The molecule has 0 N–H and O–H groups in total. The van der Waals surface area contributed by atoms with Crippen LogP contribution < -0.4 is 0 Å². The third kappa shape index (κ3) is 2.14. The third-order valence-electron chi connectivity index (χ3n) is 2.54. The molecule has 2 nitrogen and oxygen atoms in total. The van der Waals surface area contributed by atoms with Crippen LogP contribution in [0.25, 0.3) is 0 Å². The van der Waals surface area contributed by atoms with E-state index in [1.54, 1.807) is 0 Å². The first-order valence-electron chi connectivity index (χ1n) is 4.27. The molecule has 1 aliphatic rings. The third-order valence-corrected chi connectivity index (χ3v) is 2.54. The van der Waals surface area contributed by atoms with Gasteiger partial charge in [-0.3, -0.25) is 0 Å². The molecule has 0 spiro atoms. The molecule has 2 heteroatoms. The van der Waals surface area contributed by atoms with E-state index < -0.39 is 0 Å². The monoisotopic (exact) mass is 154 g/mol. The van der Waals surface area contributed by atoms with Crippen molar-refractivity contribution in [2.24, 2.45) is 11.8 Å². The largest absolute Gasteiger partial charge is 0.303 e. The van der Waals surface area contributed by atoms with Crippen LogP contribution >= 0.6 is 0 Å². The van der Waals surface area contributed by atoms with Gasteiger partial charge in [0.2, 0.25) is 0 Å². The summed E-state index contributed by atoms with van der Waals surface area (Å²) in [6, 6.07) is 0. The first-order valence-corrected chi connectivity index (χ1v) is 4.27. The molecule has 0 bridgehead atoms. The molecule has 0 saturated heterocycles. The molecule has 0 heterocycles. The van der Waals surface area contributed by atoms with E-state index in [0.29, 0.717) is 12.3 Å². The molecule has 0 amide bonds. The average molecular weight is 154 g/mol. The predicted molar refractivity (Wildman–Crippen MR) is 42.2 cm³/mol. The van der Waals surface area contributed by atoms with Crippen LogP contribution in [0.3, 0.4) is 0 Å². The quantitative estimate of drug-likeness (QED) is 0.578. The zero-order chi connectivity index (χ0) is 8.10. The molecule has 2 atom stereocenters. The minimum atomic E-state index is 0.161. The molecule has 62 valence electrons. The summed E-state index contributed by atoms with van der Waals surface area (Å²) in [6.45, 7) is 0. The Morgan fingerprint density at radius 3 is 2.55 bits per heavy atom. The Morgan fingerprint density at radius 2 is 1.91 bits per heavy atom. The van der Waals surface area contributed by atoms with Crippen molar-refractivity contribution in [3.8, 4) is 0 Å². The molecular formula is C9H14O2. The van der Waals surface area contributed by atoms with Crippen molar-refractivity contribution in [3.63, 3.8) is 0 Å².